The summed E-state index contributed by atoms with van der Waals surface area (Å²) in [5.74, 6) is 2.29. The van der Waals surface area contributed by atoms with E-state index in [1.54, 1.807) is 0 Å². The molecule has 0 radical (unpaired) electrons. The summed E-state index contributed by atoms with van der Waals surface area (Å²) in [6.07, 6.45) is 7.00. The molecule has 4 saturated carbocycles. The van der Waals surface area contributed by atoms with Gasteiger partial charge >= 0.3 is 0 Å². The number of aliphatic hydroxyl groups excluding tert-OH is 2. The third-order valence-electron chi connectivity index (χ3n) is 5.01. The Morgan fingerprint density at radius 2 is 1.71 bits per heavy atom. The van der Waals surface area contributed by atoms with Crippen LogP contribution in [0.25, 0.3) is 0 Å². The van der Waals surface area contributed by atoms with E-state index in [0.29, 0.717) is 5.92 Å². The molecule has 0 saturated heterocycles. The zero-order chi connectivity index (χ0) is 9.76. The number of hydrogen-bond acceptors (Lipinski definition) is 2. The molecule has 0 aromatic carbocycles. The van der Waals surface area contributed by atoms with Crippen molar-refractivity contribution >= 4 is 0 Å². The highest BCUT2D eigenvalue weighted by atomic mass is 16.3. The summed E-state index contributed by atoms with van der Waals surface area (Å²) in [4.78, 5) is 0. The van der Waals surface area contributed by atoms with Crippen LogP contribution < -0.4 is 0 Å². The molecule has 2 heteroatoms. The second-order valence-corrected chi connectivity index (χ2v) is 5.89. The van der Waals surface area contributed by atoms with Crippen LogP contribution in [0.3, 0.4) is 0 Å². The standard InChI is InChI=1S/C12H20O2/c13-2-1-12-6-8-3-9(7-12)5-10(4-8)11(12)14/h8-11,13-14H,1-7H2/t8-,9-,10?,11+,12?/m0/s1. The van der Waals surface area contributed by atoms with Gasteiger partial charge < -0.3 is 10.2 Å². The summed E-state index contributed by atoms with van der Waals surface area (Å²) in [5.41, 5.74) is 0.115. The van der Waals surface area contributed by atoms with Crippen LogP contribution in [0.1, 0.15) is 38.5 Å². The van der Waals surface area contributed by atoms with E-state index in [0.717, 1.165) is 18.3 Å². The van der Waals surface area contributed by atoms with Crippen molar-refractivity contribution in [3.05, 3.63) is 0 Å². The van der Waals surface area contributed by atoms with Crippen molar-refractivity contribution in [1.82, 2.24) is 0 Å². The van der Waals surface area contributed by atoms with E-state index in [2.05, 4.69) is 0 Å². The Hall–Kier alpha value is -0.0800. The summed E-state index contributed by atoms with van der Waals surface area (Å²) >= 11 is 0. The van der Waals surface area contributed by atoms with Gasteiger partial charge in [0.1, 0.15) is 0 Å². The van der Waals surface area contributed by atoms with E-state index in [9.17, 15) is 5.11 Å². The van der Waals surface area contributed by atoms with Crippen molar-refractivity contribution in [2.45, 2.75) is 44.6 Å². The van der Waals surface area contributed by atoms with Crippen LogP contribution in [0, 0.1) is 23.2 Å². The van der Waals surface area contributed by atoms with Gasteiger partial charge in [-0.2, -0.15) is 0 Å². The first kappa shape index (κ1) is 9.17. The monoisotopic (exact) mass is 196 g/mol. The molecule has 3 atom stereocenters. The Morgan fingerprint density at radius 1 is 1.07 bits per heavy atom. The lowest BCUT2D eigenvalue weighted by Gasteiger charge is -2.59. The molecule has 0 unspecified atom stereocenters. The summed E-state index contributed by atoms with van der Waals surface area (Å²) in [6, 6.07) is 0. The van der Waals surface area contributed by atoms with Crippen LogP contribution in [-0.2, 0) is 0 Å². The van der Waals surface area contributed by atoms with Crippen LogP contribution in [0.2, 0.25) is 0 Å². The fraction of sp³-hybridized carbons (Fsp3) is 1.00. The maximum Gasteiger partial charge on any atom is 0.0625 e. The predicted molar refractivity (Wildman–Crippen MR) is 53.7 cm³/mol. The van der Waals surface area contributed by atoms with Gasteiger partial charge in [-0.25, -0.2) is 0 Å². The van der Waals surface area contributed by atoms with Gasteiger partial charge in [-0.1, -0.05) is 0 Å². The van der Waals surface area contributed by atoms with Crippen molar-refractivity contribution in [1.29, 1.82) is 0 Å². The fourth-order valence-electron chi connectivity index (χ4n) is 4.76. The van der Waals surface area contributed by atoms with E-state index in [-0.39, 0.29) is 18.1 Å². The van der Waals surface area contributed by atoms with E-state index in [4.69, 9.17) is 5.11 Å². The highest BCUT2D eigenvalue weighted by Crippen LogP contribution is 2.61. The molecule has 14 heavy (non-hydrogen) atoms. The fourth-order valence-corrected chi connectivity index (χ4v) is 4.76. The number of rotatable bonds is 2. The maximum absolute atomic E-state index is 10.3. The maximum atomic E-state index is 10.3. The van der Waals surface area contributed by atoms with Crippen molar-refractivity contribution in [2.24, 2.45) is 23.2 Å². The summed E-state index contributed by atoms with van der Waals surface area (Å²) < 4.78 is 0. The van der Waals surface area contributed by atoms with Crippen molar-refractivity contribution in [2.75, 3.05) is 6.61 Å². The first-order valence-electron chi connectivity index (χ1n) is 6.02. The third-order valence-corrected chi connectivity index (χ3v) is 5.01. The molecule has 0 heterocycles. The first-order valence-corrected chi connectivity index (χ1v) is 6.02. The smallest absolute Gasteiger partial charge is 0.0625 e. The van der Waals surface area contributed by atoms with Gasteiger partial charge in [0.15, 0.2) is 0 Å². The molecular formula is C12H20O2. The van der Waals surface area contributed by atoms with Gasteiger partial charge in [0.05, 0.1) is 6.10 Å². The van der Waals surface area contributed by atoms with Gasteiger partial charge in [-0.05, 0) is 61.7 Å². The molecule has 4 aliphatic carbocycles. The molecule has 4 bridgehead atoms. The zero-order valence-corrected chi connectivity index (χ0v) is 8.65. The number of hydrogen-bond donors (Lipinski definition) is 2. The van der Waals surface area contributed by atoms with Crippen LogP contribution in [-0.4, -0.2) is 22.9 Å². The highest BCUT2D eigenvalue weighted by Gasteiger charge is 2.55. The average molecular weight is 196 g/mol. The Labute approximate surface area is 85.3 Å². The quantitative estimate of drug-likeness (QED) is 0.703. The molecule has 0 aromatic heterocycles. The summed E-state index contributed by atoms with van der Waals surface area (Å²) in [7, 11) is 0. The van der Waals surface area contributed by atoms with E-state index >= 15 is 0 Å². The molecule has 0 amide bonds. The van der Waals surface area contributed by atoms with Crippen LogP contribution >= 0.6 is 0 Å². The molecular weight excluding hydrogens is 176 g/mol. The molecule has 0 spiro atoms. The zero-order valence-electron chi connectivity index (χ0n) is 8.65. The van der Waals surface area contributed by atoms with E-state index in [1.165, 1.54) is 32.1 Å². The number of aliphatic hydroxyl groups is 2. The van der Waals surface area contributed by atoms with Crippen molar-refractivity contribution < 1.29 is 10.2 Å². The lowest BCUT2D eigenvalue weighted by atomic mass is 9.47. The molecule has 2 N–H and O–H groups in total. The van der Waals surface area contributed by atoms with Gasteiger partial charge in [0, 0.05) is 6.61 Å². The Bertz CT molecular complexity index is 224. The predicted octanol–water partition coefficient (Wildman–Crippen LogP) is 1.56. The lowest BCUT2D eigenvalue weighted by Crippen LogP contribution is -2.56. The largest absolute Gasteiger partial charge is 0.396 e. The highest BCUT2D eigenvalue weighted by molar-refractivity contribution is 5.06. The summed E-state index contributed by atoms with van der Waals surface area (Å²) in [5, 5.41) is 19.4. The molecule has 4 fully saturated rings. The van der Waals surface area contributed by atoms with Crippen molar-refractivity contribution in [3.8, 4) is 0 Å². The minimum atomic E-state index is -0.109. The molecule has 0 aliphatic heterocycles. The first-order chi connectivity index (χ1) is 6.73. The molecule has 4 rings (SSSR count). The second kappa shape index (κ2) is 2.96. The van der Waals surface area contributed by atoms with E-state index < -0.39 is 0 Å². The van der Waals surface area contributed by atoms with Gasteiger partial charge in [0.25, 0.3) is 0 Å². The second-order valence-electron chi connectivity index (χ2n) is 5.89. The third kappa shape index (κ3) is 1.10. The van der Waals surface area contributed by atoms with Crippen molar-refractivity contribution in [3.63, 3.8) is 0 Å². The topological polar surface area (TPSA) is 40.5 Å². The van der Waals surface area contributed by atoms with Gasteiger partial charge in [-0.3, -0.25) is 0 Å². The SMILES string of the molecule is OCCC12C[C@@H]3CC(C[C@H](C3)C1)[C@H]2O. The Balaban J connectivity index is 1.89. The molecule has 4 aliphatic rings. The summed E-state index contributed by atoms with van der Waals surface area (Å²) in [6.45, 7) is 0.253. The van der Waals surface area contributed by atoms with Crippen LogP contribution in [0.4, 0.5) is 0 Å². The minimum absolute atomic E-state index is 0.109. The van der Waals surface area contributed by atoms with Crippen LogP contribution in [0.5, 0.6) is 0 Å². The van der Waals surface area contributed by atoms with E-state index in [1.807, 2.05) is 0 Å². The molecule has 0 aromatic rings. The van der Waals surface area contributed by atoms with Gasteiger partial charge in [-0.15, -0.1) is 0 Å². The molecule has 2 nitrogen and oxygen atoms in total. The van der Waals surface area contributed by atoms with Gasteiger partial charge in [0.2, 0.25) is 0 Å². The van der Waals surface area contributed by atoms with Crippen LogP contribution in [0.15, 0.2) is 0 Å². The minimum Gasteiger partial charge on any atom is -0.396 e. The normalized spacial score (nSPS) is 55.3. The average Bonchev–Trinajstić information content (AvgIpc) is 2.13. The Morgan fingerprint density at radius 3 is 2.29 bits per heavy atom. The lowest BCUT2D eigenvalue weighted by molar-refractivity contribution is -0.161. The Kier molecular flexibility index (Phi) is 1.94. The molecule has 80 valence electrons.